The predicted octanol–water partition coefficient (Wildman–Crippen LogP) is 0.643. The summed E-state index contributed by atoms with van der Waals surface area (Å²) in [7, 11) is 0.945. The lowest BCUT2D eigenvalue weighted by Crippen LogP contribution is -2.08. The topological polar surface area (TPSA) is 46.3 Å². The van der Waals surface area contributed by atoms with Gasteiger partial charge in [-0.15, -0.1) is 0 Å². The van der Waals surface area contributed by atoms with Crippen molar-refractivity contribution in [3.05, 3.63) is 18.2 Å². The Kier molecular flexibility index (Phi) is 1.53. The number of nitrogens with zero attached hydrogens (tertiary/aromatic N) is 1. The van der Waals surface area contributed by atoms with E-state index in [2.05, 4.69) is 12.0 Å². The summed E-state index contributed by atoms with van der Waals surface area (Å²) in [5.74, 6) is -0.0275. The van der Waals surface area contributed by atoms with E-state index in [0.29, 0.717) is 11.0 Å². The van der Waals surface area contributed by atoms with Gasteiger partial charge in [-0.25, -0.2) is 0 Å². The minimum absolute atomic E-state index is 0.0275. The second kappa shape index (κ2) is 2.55. The quantitative estimate of drug-likeness (QED) is 0.624. The van der Waals surface area contributed by atoms with E-state index in [1.165, 1.54) is 5.46 Å². The molecule has 3 nitrogen and oxygen atoms in total. The lowest BCUT2D eigenvalue weighted by Gasteiger charge is -1.92. The van der Waals surface area contributed by atoms with Crippen molar-refractivity contribution in [1.82, 2.24) is 5.16 Å². The molecule has 0 bridgehead atoms. The average Bonchev–Trinajstić information content (AvgIpc) is 2.47. The Labute approximate surface area is 70.2 Å². The van der Waals surface area contributed by atoms with Gasteiger partial charge in [0.2, 0.25) is 0 Å². The van der Waals surface area contributed by atoms with Gasteiger partial charge < -0.3 is 9.63 Å². The summed E-state index contributed by atoms with van der Waals surface area (Å²) in [6.45, 7) is 2.06. The third kappa shape index (κ3) is 0.960. The van der Waals surface area contributed by atoms with Crippen LogP contribution in [0, 0.1) is 0 Å². The Morgan fingerprint density at radius 3 is 3.08 bits per heavy atom. The van der Waals surface area contributed by atoms with Gasteiger partial charge in [-0.2, -0.15) is 0 Å². The van der Waals surface area contributed by atoms with Gasteiger partial charge in [0.1, 0.15) is 0 Å². The van der Waals surface area contributed by atoms with Crippen molar-refractivity contribution in [1.29, 1.82) is 0 Å². The first kappa shape index (κ1) is 7.22. The van der Waals surface area contributed by atoms with Crippen molar-refractivity contribution in [3.8, 4) is 5.88 Å². The SMILES string of the molecule is CBc1ccc2onc(O)c2c1. The van der Waals surface area contributed by atoms with Crippen LogP contribution in [-0.4, -0.2) is 17.5 Å². The average molecular weight is 161 g/mol. The van der Waals surface area contributed by atoms with Gasteiger partial charge in [-0.1, -0.05) is 24.4 Å². The van der Waals surface area contributed by atoms with E-state index in [4.69, 9.17) is 4.52 Å². The Balaban J connectivity index is 2.71. The van der Waals surface area contributed by atoms with Gasteiger partial charge in [0.25, 0.3) is 5.88 Å². The van der Waals surface area contributed by atoms with E-state index in [1.54, 1.807) is 0 Å². The molecule has 60 valence electrons. The van der Waals surface area contributed by atoms with Crippen molar-refractivity contribution in [2.24, 2.45) is 0 Å². The zero-order valence-electron chi connectivity index (χ0n) is 6.74. The molecule has 0 aliphatic rings. The zero-order chi connectivity index (χ0) is 8.55. The molecule has 0 radical (unpaired) electrons. The van der Waals surface area contributed by atoms with Crippen molar-refractivity contribution in [2.75, 3.05) is 0 Å². The Morgan fingerprint density at radius 1 is 1.50 bits per heavy atom. The van der Waals surface area contributed by atoms with Gasteiger partial charge in [-0.05, 0) is 11.2 Å². The highest BCUT2D eigenvalue weighted by Gasteiger charge is 2.05. The second-order valence-electron chi connectivity index (χ2n) is 2.69. The molecule has 4 heteroatoms. The third-order valence-corrected chi connectivity index (χ3v) is 1.92. The van der Waals surface area contributed by atoms with E-state index in [9.17, 15) is 5.11 Å². The Hall–Kier alpha value is -1.45. The molecule has 0 saturated carbocycles. The molecule has 12 heavy (non-hydrogen) atoms. The largest absolute Gasteiger partial charge is 0.491 e. The third-order valence-electron chi connectivity index (χ3n) is 1.92. The second-order valence-corrected chi connectivity index (χ2v) is 2.69. The number of benzene rings is 1. The van der Waals surface area contributed by atoms with Gasteiger partial charge in [0, 0.05) is 0 Å². The Bertz CT molecular complexity index is 410. The number of fused-ring (bicyclic) bond motifs is 1. The van der Waals surface area contributed by atoms with Crippen LogP contribution in [0.4, 0.5) is 0 Å². The van der Waals surface area contributed by atoms with E-state index < -0.39 is 0 Å². The fraction of sp³-hybridized carbons (Fsp3) is 0.125. The minimum atomic E-state index is -0.0275. The molecule has 1 aromatic heterocycles. The molecular weight excluding hydrogens is 153 g/mol. The summed E-state index contributed by atoms with van der Waals surface area (Å²) in [6, 6.07) is 5.68. The first-order valence-corrected chi connectivity index (χ1v) is 3.88. The minimum Gasteiger partial charge on any atom is -0.491 e. The summed E-state index contributed by atoms with van der Waals surface area (Å²) < 4.78 is 4.85. The Morgan fingerprint density at radius 2 is 2.33 bits per heavy atom. The summed E-state index contributed by atoms with van der Waals surface area (Å²) in [5, 5.41) is 13.4. The number of hydrogen-bond acceptors (Lipinski definition) is 3. The van der Waals surface area contributed by atoms with E-state index in [1.807, 2.05) is 18.2 Å². The summed E-state index contributed by atoms with van der Waals surface area (Å²) in [6.07, 6.45) is 0. The predicted molar refractivity (Wildman–Crippen MR) is 48.3 cm³/mol. The summed E-state index contributed by atoms with van der Waals surface area (Å²) in [4.78, 5) is 0. The van der Waals surface area contributed by atoms with Crippen molar-refractivity contribution in [3.63, 3.8) is 0 Å². The summed E-state index contributed by atoms with van der Waals surface area (Å²) in [5.41, 5.74) is 1.80. The highest BCUT2D eigenvalue weighted by molar-refractivity contribution is 6.52. The molecule has 1 heterocycles. The first-order chi connectivity index (χ1) is 5.81. The standard InChI is InChI=1S/C8H8BNO2/c1-9-5-2-3-7-6(4-5)8(11)10-12-7/h2-4,9H,1H3,(H,10,11). The first-order valence-electron chi connectivity index (χ1n) is 3.88. The van der Waals surface area contributed by atoms with Crippen LogP contribution in [0.25, 0.3) is 11.0 Å². The molecule has 0 unspecified atom stereocenters. The zero-order valence-corrected chi connectivity index (χ0v) is 6.74. The highest BCUT2D eigenvalue weighted by atomic mass is 16.5. The molecule has 0 aliphatic carbocycles. The molecule has 2 aromatic rings. The summed E-state index contributed by atoms with van der Waals surface area (Å²) >= 11 is 0. The van der Waals surface area contributed by atoms with E-state index in [0.717, 1.165) is 7.28 Å². The van der Waals surface area contributed by atoms with Crippen molar-refractivity contribution < 1.29 is 9.63 Å². The lowest BCUT2D eigenvalue weighted by molar-refractivity contribution is 0.376. The number of aromatic nitrogens is 1. The molecule has 0 spiro atoms. The van der Waals surface area contributed by atoms with Crippen LogP contribution >= 0.6 is 0 Å². The monoisotopic (exact) mass is 161 g/mol. The lowest BCUT2D eigenvalue weighted by atomic mass is 9.73. The van der Waals surface area contributed by atoms with Crippen molar-refractivity contribution in [2.45, 2.75) is 6.82 Å². The number of rotatable bonds is 1. The fourth-order valence-corrected chi connectivity index (χ4v) is 1.19. The molecule has 1 aromatic carbocycles. The van der Waals surface area contributed by atoms with Gasteiger partial charge in [0.15, 0.2) is 12.9 Å². The molecule has 2 rings (SSSR count). The van der Waals surface area contributed by atoms with Crippen LogP contribution in [0.3, 0.4) is 0 Å². The van der Waals surface area contributed by atoms with E-state index >= 15 is 0 Å². The van der Waals surface area contributed by atoms with Crippen LogP contribution in [0.5, 0.6) is 5.88 Å². The molecule has 0 aliphatic heterocycles. The van der Waals surface area contributed by atoms with E-state index in [-0.39, 0.29) is 5.88 Å². The van der Waals surface area contributed by atoms with Crippen LogP contribution in [-0.2, 0) is 0 Å². The molecule has 0 fully saturated rings. The number of aromatic hydroxyl groups is 1. The number of hydrogen-bond donors (Lipinski definition) is 1. The van der Waals surface area contributed by atoms with Crippen LogP contribution < -0.4 is 5.46 Å². The molecular formula is C8H8BNO2. The fourth-order valence-electron chi connectivity index (χ4n) is 1.19. The van der Waals surface area contributed by atoms with Crippen LogP contribution in [0.2, 0.25) is 6.82 Å². The maximum Gasteiger partial charge on any atom is 0.259 e. The van der Waals surface area contributed by atoms with Gasteiger partial charge in [0.05, 0.1) is 5.39 Å². The molecule has 1 N–H and O–H groups in total. The molecule has 0 saturated heterocycles. The van der Waals surface area contributed by atoms with Crippen LogP contribution in [0.15, 0.2) is 22.7 Å². The smallest absolute Gasteiger partial charge is 0.259 e. The molecule has 0 atom stereocenters. The maximum atomic E-state index is 9.23. The highest BCUT2D eigenvalue weighted by Crippen LogP contribution is 2.21. The maximum absolute atomic E-state index is 9.23. The van der Waals surface area contributed by atoms with Gasteiger partial charge >= 0.3 is 0 Å². The van der Waals surface area contributed by atoms with Crippen LogP contribution in [0.1, 0.15) is 0 Å². The normalized spacial score (nSPS) is 10.4. The molecule has 0 amide bonds. The van der Waals surface area contributed by atoms with Gasteiger partial charge in [-0.3, -0.25) is 0 Å². The van der Waals surface area contributed by atoms with Crippen molar-refractivity contribution >= 4 is 23.7 Å².